The molecule has 8 heteroatoms. The van der Waals surface area contributed by atoms with Crippen LogP contribution >= 0.6 is 0 Å². The van der Waals surface area contributed by atoms with Crippen molar-refractivity contribution in [2.45, 2.75) is 34.3 Å². The molecule has 1 aromatic heterocycles. The van der Waals surface area contributed by atoms with E-state index in [-0.39, 0.29) is 6.03 Å². The molecule has 0 saturated carbocycles. The number of anilines is 1. The van der Waals surface area contributed by atoms with Crippen molar-refractivity contribution in [2.75, 3.05) is 12.1 Å². The fraction of sp³-hybridized carbons (Fsp3) is 0.273. The van der Waals surface area contributed by atoms with Gasteiger partial charge in [0.05, 0.1) is 17.1 Å². The van der Waals surface area contributed by atoms with Gasteiger partial charge in [0.1, 0.15) is 12.4 Å². The number of hydrogen-bond donors (Lipinski definition) is 2. The van der Waals surface area contributed by atoms with Gasteiger partial charge >= 0.3 is 6.03 Å². The Hall–Kier alpha value is -3.36. The lowest BCUT2D eigenvalue weighted by atomic mass is 10.1. The lowest BCUT2D eigenvalue weighted by Crippen LogP contribution is -2.38. The van der Waals surface area contributed by atoms with Crippen LogP contribution in [0.25, 0.3) is 5.69 Å². The van der Waals surface area contributed by atoms with Gasteiger partial charge in [0, 0.05) is 18.8 Å². The third-order valence-electron chi connectivity index (χ3n) is 5.27. The smallest absolute Gasteiger partial charge is 0.355 e. The van der Waals surface area contributed by atoms with Gasteiger partial charge in [-0.1, -0.05) is 12.1 Å². The molecule has 2 heterocycles. The van der Waals surface area contributed by atoms with Crippen molar-refractivity contribution >= 4 is 11.7 Å². The Labute approximate surface area is 176 Å². The predicted octanol–water partition coefficient (Wildman–Crippen LogP) is 3.48. The Balaban J connectivity index is 1.60. The minimum atomic E-state index is -0.187. The van der Waals surface area contributed by atoms with Gasteiger partial charge in [-0.25, -0.2) is 19.5 Å². The average Bonchev–Trinajstić information content (AvgIpc) is 3.28. The molecule has 0 spiro atoms. The van der Waals surface area contributed by atoms with E-state index in [0.29, 0.717) is 6.61 Å². The summed E-state index contributed by atoms with van der Waals surface area (Å²) in [7, 11) is 1.66. The molecule has 2 aromatic carbocycles. The first-order chi connectivity index (χ1) is 14.3. The zero-order valence-corrected chi connectivity index (χ0v) is 17.9. The Morgan fingerprint density at radius 3 is 2.43 bits per heavy atom. The second kappa shape index (κ2) is 7.81. The van der Waals surface area contributed by atoms with Crippen molar-refractivity contribution in [3.8, 4) is 11.4 Å². The van der Waals surface area contributed by atoms with Crippen molar-refractivity contribution in [1.82, 2.24) is 25.9 Å². The lowest BCUT2D eigenvalue weighted by Gasteiger charge is -2.20. The van der Waals surface area contributed by atoms with Crippen molar-refractivity contribution in [3.05, 3.63) is 70.5 Å². The number of hydrogen-bond acceptors (Lipinski definition) is 5. The summed E-state index contributed by atoms with van der Waals surface area (Å²) in [5, 5.41) is 7.37. The van der Waals surface area contributed by atoms with Gasteiger partial charge in [-0.05, 0) is 68.7 Å². The number of rotatable bonds is 5. The van der Waals surface area contributed by atoms with E-state index in [1.54, 1.807) is 7.05 Å². The van der Waals surface area contributed by atoms with Gasteiger partial charge in [-0.15, -0.1) is 11.1 Å². The van der Waals surface area contributed by atoms with Crippen LogP contribution in [-0.4, -0.2) is 27.9 Å². The number of carbonyl (C=O) groups excluding carboxylic acids is 1. The molecule has 2 N–H and O–H groups in total. The number of hydrazine groups is 3. The Kier molecular flexibility index (Phi) is 5.19. The number of amides is 2. The first-order valence-corrected chi connectivity index (χ1v) is 9.79. The van der Waals surface area contributed by atoms with Crippen LogP contribution in [0.4, 0.5) is 10.5 Å². The van der Waals surface area contributed by atoms with Crippen molar-refractivity contribution in [1.29, 1.82) is 0 Å². The number of aromatic nitrogens is 2. The van der Waals surface area contributed by atoms with Crippen molar-refractivity contribution in [3.63, 3.8) is 0 Å². The van der Waals surface area contributed by atoms with Crippen LogP contribution in [0.3, 0.4) is 0 Å². The summed E-state index contributed by atoms with van der Waals surface area (Å²) in [4.78, 5) is 12.4. The average molecular weight is 406 g/mol. The van der Waals surface area contributed by atoms with Crippen LogP contribution < -0.4 is 20.8 Å². The normalized spacial score (nSPS) is 14.0. The number of aryl methyl sites for hydroxylation is 4. The van der Waals surface area contributed by atoms with E-state index in [2.05, 4.69) is 22.2 Å². The van der Waals surface area contributed by atoms with E-state index in [9.17, 15) is 4.79 Å². The third-order valence-corrected chi connectivity index (χ3v) is 5.27. The van der Waals surface area contributed by atoms with Crippen LogP contribution in [-0.2, 0) is 6.61 Å². The summed E-state index contributed by atoms with van der Waals surface area (Å²) in [6, 6.07) is 11.8. The quantitative estimate of drug-likeness (QED) is 0.679. The molecular formula is C22H26N6O2. The van der Waals surface area contributed by atoms with E-state index in [4.69, 9.17) is 4.74 Å². The van der Waals surface area contributed by atoms with Crippen molar-refractivity contribution in [2.24, 2.45) is 0 Å². The zero-order chi connectivity index (χ0) is 21.4. The van der Waals surface area contributed by atoms with E-state index < -0.39 is 0 Å². The van der Waals surface area contributed by atoms with Gasteiger partial charge < -0.3 is 4.74 Å². The molecule has 156 valence electrons. The third kappa shape index (κ3) is 3.62. The summed E-state index contributed by atoms with van der Waals surface area (Å²) in [5.41, 5.74) is 12.5. The summed E-state index contributed by atoms with van der Waals surface area (Å²) >= 11 is 0. The molecule has 1 aliphatic heterocycles. The molecular weight excluding hydrogens is 380 g/mol. The molecule has 1 fully saturated rings. The van der Waals surface area contributed by atoms with Gasteiger partial charge in [-0.2, -0.15) is 5.10 Å². The number of carbonyl (C=O) groups is 1. The van der Waals surface area contributed by atoms with E-state index in [0.717, 1.165) is 45.1 Å². The van der Waals surface area contributed by atoms with Crippen LogP contribution in [0.2, 0.25) is 0 Å². The van der Waals surface area contributed by atoms with Gasteiger partial charge in [0.15, 0.2) is 0 Å². The molecule has 0 unspecified atom stereocenters. The Morgan fingerprint density at radius 2 is 1.77 bits per heavy atom. The van der Waals surface area contributed by atoms with Crippen LogP contribution in [0.15, 0.2) is 42.6 Å². The number of benzene rings is 2. The first-order valence-electron chi connectivity index (χ1n) is 9.79. The highest BCUT2D eigenvalue weighted by Crippen LogP contribution is 2.29. The minimum absolute atomic E-state index is 0.187. The lowest BCUT2D eigenvalue weighted by molar-refractivity contribution is 0.214. The molecule has 3 aromatic rings. The molecule has 2 amide bonds. The van der Waals surface area contributed by atoms with Crippen LogP contribution in [0, 0.1) is 27.7 Å². The number of nitrogens with one attached hydrogen (secondary N) is 2. The minimum Gasteiger partial charge on any atom is -0.489 e. The first kappa shape index (κ1) is 19.9. The second-order valence-corrected chi connectivity index (χ2v) is 7.57. The Morgan fingerprint density at radius 1 is 0.967 bits per heavy atom. The van der Waals surface area contributed by atoms with E-state index in [1.165, 1.54) is 10.0 Å². The SMILES string of the molecule is Cc1ccn(-c2cc(C)c(OCc3c(C)cccc3N3NNN(C)C3=O)cc2C)n1. The molecule has 1 saturated heterocycles. The largest absolute Gasteiger partial charge is 0.489 e. The fourth-order valence-corrected chi connectivity index (χ4v) is 3.49. The fourth-order valence-electron chi connectivity index (χ4n) is 3.49. The van der Waals surface area contributed by atoms with E-state index >= 15 is 0 Å². The highest BCUT2D eigenvalue weighted by atomic mass is 16.5. The van der Waals surface area contributed by atoms with Gasteiger partial charge in [0.2, 0.25) is 0 Å². The van der Waals surface area contributed by atoms with E-state index in [1.807, 2.05) is 68.9 Å². The number of ether oxygens (including phenoxy) is 1. The predicted molar refractivity (Wildman–Crippen MR) is 115 cm³/mol. The Bertz CT molecular complexity index is 1110. The summed E-state index contributed by atoms with van der Waals surface area (Å²) in [6.45, 7) is 8.41. The zero-order valence-electron chi connectivity index (χ0n) is 17.9. The number of nitrogens with zero attached hydrogens (tertiary/aromatic N) is 4. The molecule has 8 nitrogen and oxygen atoms in total. The van der Waals surface area contributed by atoms with Gasteiger partial charge in [-0.3, -0.25) is 0 Å². The number of urea groups is 1. The molecule has 0 aliphatic carbocycles. The highest BCUT2D eigenvalue weighted by molar-refractivity contribution is 5.92. The molecule has 30 heavy (non-hydrogen) atoms. The standard InChI is InChI=1S/C22H26N6O2/c1-14-7-6-8-19(28-22(29)26(5)24-25-28)18(14)13-30-21-12-15(2)20(11-16(21)3)27-10-9-17(4)23-27/h6-12,24-25H,13H2,1-5H3. The maximum Gasteiger partial charge on any atom is 0.355 e. The highest BCUT2D eigenvalue weighted by Gasteiger charge is 2.28. The molecule has 0 bridgehead atoms. The monoisotopic (exact) mass is 406 g/mol. The second-order valence-electron chi connectivity index (χ2n) is 7.57. The summed E-state index contributed by atoms with van der Waals surface area (Å²) < 4.78 is 8.10. The topological polar surface area (TPSA) is 74.7 Å². The maximum absolute atomic E-state index is 12.4. The molecule has 1 aliphatic rings. The maximum atomic E-state index is 12.4. The van der Waals surface area contributed by atoms with Crippen molar-refractivity contribution < 1.29 is 9.53 Å². The molecule has 0 radical (unpaired) electrons. The summed E-state index contributed by atoms with van der Waals surface area (Å²) in [6.07, 6.45) is 1.96. The molecule has 4 rings (SSSR count). The van der Waals surface area contributed by atoms with Gasteiger partial charge in [0.25, 0.3) is 0 Å². The molecule has 0 atom stereocenters. The van der Waals surface area contributed by atoms with Crippen LogP contribution in [0.5, 0.6) is 5.75 Å². The summed E-state index contributed by atoms with van der Waals surface area (Å²) in [5.74, 6) is 0.810. The van der Waals surface area contributed by atoms with Crippen LogP contribution in [0.1, 0.15) is 27.9 Å².